The Kier molecular flexibility index (Phi) is 4.08. The number of thioether (sulfide) groups is 1. The second kappa shape index (κ2) is 5.97. The van der Waals surface area contributed by atoms with Crippen LogP contribution in [0.2, 0.25) is 0 Å². The van der Waals surface area contributed by atoms with Crippen molar-refractivity contribution in [2.75, 3.05) is 6.54 Å². The van der Waals surface area contributed by atoms with E-state index in [0.29, 0.717) is 6.54 Å². The molecule has 1 aromatic carbocycles. The van der Waals surface area contributed by atoms with Gasteiger partial charge in [0.2, 0.25) is 0 Å². The number of nitrogens with zero attached hydrogens (tertiary/aromatic N) is 3. The van der Waals surface area contributed by atoms with Crippen LogP contribution in [0.3, 0.4) is 0 Å². The van der Waals surface area contributed by atoms with Crippen LogP contribution in [0.5, 0.6) is 0 Å². The topological polar surface area (TPSA) is 56.7 Å². The lowest BCUT2D eigenvalue weighted by atomic mass is 10.1. The lowest BCUT2D eigenvalue weighted by molar-refractivity contribution is 0.627. The maximum absolute atomic E-state index is 5.64. The smallest absolute Gasteiger partial charge is 0.191 e. The molecule has 4 nitrogen and oxygen atoms in total. The second-order valence-corrected chi connectivity index (χ2v) is 6.16. The molecule has 0 atom stereocenters. The molecule has 0 amide bonds. The van der Waals surface area contributed by atoms with Gasteiger partial charge in [0.25, 0.3) is 0 Å². The first kappa shape index (κ1) is 13.6. The molecule has 3 rings (SSSR count). The normalized spacial score (nSPS) is 13.7. The Balaban J connectivity index is 1.70. The highest BCUT2D eigenvalue weighted by atomic mass is 32.2. The zero-order valence-electron chi connectivity index (χ0n) is 11.8. The molecule has 1 heterocycles. The van der Waals surface area contributed by atoms with E-state index in [2.05, 4.69) is 33.0 Å². The molecule has 0 unspecified atom stereocenters. The van der Waals surface area contributed by atoms with Gasteiger partial charge in [-0.25, -0.2) is 0 Å². The largest absolute Gasteiger partial charge is 0.329 e. The fourth-order valence-corrected chi connectivity index (χ4v) is 3.67. The molecule has 2 N–H and O–H groups in total. The van der Waals surface area contributed by atoms with E-state index in [1.54, 1.807) is 11.8 Å². The van der Waals surface area contributed by atoms with E-state index in [0.717, 1.165) is 23.3 Å². The van der Waals surface area contributed by atoms with Crippen molar-refractivity contribution in [3.8, 4) is 0 Å². The molecule has 1 aromatic heterocycles. The summed E-state index contributed by atoms with van der Waals surface area (Å²) in [6.07, 6.45) is 3.78. The second-order valence-electron chi connectivity index (χ2n) is 5.22. The molecule has 106 valence electrons. The van der Waals surface area contributed by atoms with Crippen molar-refractivity contribution in [2.24, 2.45) is 5.73 Å². The number of benzene rings is 1. The van der Waals surface area contributed by atoms with Gasteiger partial charge in [0, 0.05) is 18.8 Å². The number of rotatable bonds is 5. The van der Waals surface area contributed by atoms with Crippen molar-refractivity contribution in [3.05, 3.63) is 40.7 Å². The van der Waals surface area contributed by atoms with Crippen molar-refractivity contribution in [2.45, 2.75) is 43.6 Å². The number of aromatic nitrogens is 3. The van der Waals surface area contributed by atoms with Gasteiger partial charge in [-0.2, -0.15) is 0 Å². The van der Waals surface area contributed by atoms with Gasteiger partial charge in [0.05, 0.1) is 0 Å². The summed E-state index contributed by atoms with van der Waals surface area (Å²) in [7, 11) is 0. The maximum atomic E-state index is 5.64. The molecule has 0 saturated carbocycles. The van der Waals surface area contributed by atoms with Gasteiger partial charge in [-0.3, -0.25) is 0 Å². The number of hydrogen-bond acceptors (Lipinski definition) is 4. The van der Waals surface area contributed by atoms with Gasteiger partial charge < -0.3 is 10.3 Å². The predicted octanol–water partition coefficient (Wildman–Crippen LogP) is 2.33. The van der Waals surface area contributed by atoms with Crippen molar-refractivity contribution >= 4 is 11.8 Å². The molecule has 0 fully saturated rings. The number of hydrogen-bond donors (Lipinski definition) is 1. The van der Waals surface area contributed by atoms with Crippen LogP contribution in [0, 0.1) is 6.92 Å². The molecule has 0 bridgehead atoms. The van der Waals surface area contributed by atoms with E-state index in [1.807, 2.05) is 6.92 Å². The molecule has 20 heavy (non-hydrogen) atoms. The molecule has 5 heteroatoms. The third kappa shape index (κ3) is 2.74. The predicted molar refractivity (Wildman–Crippen MR) is 81.8 cm³/mol. The van der Waals surface area contributed by atoms with Crippen LogP contribution in [-0.4, -0.2) is 21.3 Å². The van der Waals surface area contributed by atoms with Gasteiger partial charge in [0.1, 0.15) is 5.82 Å². The highest BCUT2D eigenvalue weighted by molar-refractivity contribution is 7.98. The van der Waals surface area contributed by atoms with E-state index >= 15 is 0 Å². The zero-order chi connectivity index (χ0) is 13.9. The minimum Gasteiger partial charge on any atom is -0.329 e. The van der Waals surface area contributed by atoms with Crippen molar-refractivity contribution < 1.29 is 0 Å². The quantitative estimate of drug-likeness (QED) is 0.858. The maximum Gasteiger partial charge on any atom is 0.191 e. The Morgan fingerprint density at radius 1 is 1.25 bits per heavy atom. The molecule has 0 aliphatic heterocycles. The van der Waals surface area contributed by atoms with Crippen LogP contribution >= 0.6 is 11.8 Å². The number of fused-ring (bicyclic) bond motifs is 1. The molecular weight excluding hydrogens is 268 g/mol. The Labute approximate surface area is 123 Å². The Hall–Kier alpha value is -1.33. The van der Waals surface area contributed by atoms with E-state index in [9.17, 15) is 0 Å². The SMILES string of the molecule is Cc1nnc(SCc2ccc3c(c2)CCC3)n1CCN. The molecule has 0 saturated heterocycles. The highest BCUT2D eigenvalue weighted by Crippen LogP contribution is 2.26. The standard InChI is InChI=1S/C15H20N4S/c1-11-17-18-15(19(11)8-7-16)20-10-12-5-6-13-3-2-4-14(13)9-12/h5-6,9H,2-4,7-8,10,16H2,1H3. The minimum atomic E-state index is 0.616. The highest BCUT2D eigenvalue weighted by Gasteiger charge is 2.12. The average Bonchev–Trinajstić information content (AvgIpc) is 3.05. The van der Waals surface area contributed by atoms with E-state index in [-0.39, 0.29) is 0 Å². The molecule has 0 spiro atoms. The monoisotopic (exact) mass is 288 g/mol. The summed E-state index contributed by atoms with van der Waals surface area (Å²) in [5.74, 6) is 1.88. The third-order valence-corrected chi connectivity index (χ3v) is 4.82. The summed E-state index contributed by atoms with van der Waals surface area (Å²) >= 11 is 1.74. The summed E-state index contributed by atoms with van der Waals surface area (Å²) in [5.41, 5.74) is 10.1. The summed E-state index contributed by atoms with van der Waals surface area (Å²) < 4.78 is 2.10. The van der Waals surface area contributed by atoms with Crippen LogP contribution in [0.4, 0.5) is 0 Å². The first-order valence-corrected chi connectivity index (χ1v) is 8.10. The van der Waals surface area contributed by atoms with Crippen molar-refractivity contribution in [3.63, 3.8) is 0 Å². The van der Waals surface area contributed by atoms with Gasteiger partial charge in [-0.15, -0.1) is 10.2 Å². The third-order valence-electron chi connectivity index (χ3n) is 3.79. The van der Waals surface area contributed by atoms with Gasteiger partial charge in [0.15, 0.2) is 5.16 Å². The number of nitrogens with two attached hydrogens (primary N) is 1. The first-order chi connectivity index (χ1) is 9.78. The van der Waals surface area contributed by atoms with E-state index in [4.69, 9.17) is 5.73 Å². The number of aryl methyl sites for hydroxylation is 3. The average molecular weight is 288 g/mol. The summed E-state index contributed by atoms with van der Waals surface area (Å²) in [4.78, 5) is 0. The first-order valence-electron chi connectivity index (χ1n) is 7.11. The molecular formula is C15H20N4S. The van der Waals surface area contributed by atoms with Crippen molar-refractivity contribution in [1.82, 2.24) is 14.8 Å². The molecule has 1 aliphatic rings. The minimum absolute atomic E-state index is 0.616. The van der Waals surface area contributed by atoms with Crippen LogP contribution in [0.25, 0.3) is 0 Å². The lowest BCUT2D eigenvalue weighted by Gasteiger charge is -2.07. The fraction of sp³-hybridized carbons (Fsp3) is 0.467. The Morgan fingerprint density at radius 3 is 2.95 bits per heavy atom. The van der Waals surface area contributed by atoms with Crippen LogP contribution in [0.15, 0.2) is 23.4 Å². The van der Waals surface area contributed by atoms with Gasteiger partial charge in [-0.1, -0.05) is 30.0 Å². The molecule has 2 aromatic rings. The molecule has 0 radical (unpaired) electrons. The summed E-state index contributed by atoms with van der Waals surface area (Å²) in [6.45, 7) is 3.37. The van der Waals surface area contributed by atoms with Gasteiger partial charge >= 0.3 is 0 Å². The van der Waals surface area contributed by atoms with E-state index in [1.165, 1.54) is 36.0 Å². The Morgan fingerprint density at radius 2 is 2.10 bits per heavy atom. The summed E-state index contributed by atoms with van der Waals surface area (Å²) in [6, 6.07) is 6.88. The van der Waals surface area contributed by atoms with Gasteiger partial charge in [-0.05, 0) is 42.9 Å². The summed E-state index contributed by atoms with van der Waals surface area (Å²) in [5, 5.41) is 9.35. The zero-order valence-corrected chi connectivity index (χ0v) is 12.6. The van der Waals surface area contributed by atoms with Crippen LogP contribution < -0.4 is 5.73 Å². The van der Waals surface area contributed by atoms with E-state index < -0.39 is 0 Å². The van der Waals surface area contributed by atoms with Crippen molar-refractivity contribution in [1.29, 1.82) is 0 Å². The lowest BCUT2D eigenvalue weighted by Crippen LogP contribution is -2.12. The Bertz CT molecular complexity index is 606. The van der Waals surface area contributed by atoms with Crippen LogP contribution in [0.1, 0.15) is 28.9 Å². The van der Waals surface area contributed by atoms with Crippen LogP contribution in [-0.2, 0) is 25.1 Å². The molecule has 1 aliphatic carbocycles. The fourth-order valence-electron chi connectivity index (χ4n) is 2.72.